The average Bonchev–Trinajstić information content (AvgIpc) is 2.59. The lowest BCUT2D eigenvalue weighted by molar-refractivity contribution is -0.133. The molecular weight excluding hydrogens is 382 g/mol. The predicted octanol–water partition coefficient (Wildman–Crippen LogP) is 1.79. The van der Waals surface area contributed by atoms with E-state index >= 15 is 0 Å². The van der Waals surface area contributed by atoms with Crippen LogP contribution in [0.3, 0.4) is 0 Å². The molecule has 2 aromatic carbocycles. The summed E-state index contributed by atoms with van der Waals surface area (Å²) in [5.41, 5.74) is 0.754. The second-order valence-corrected chi connectivity index (χ2v) is 8.65. The van der Waals surface area contributed by atoms with Crippen LogP contribution >= 0.6 is 0 Å². The lowest BCUT2D eigenvalue weighted by Gasteiger charge is -2.38. The van der Waals surface area contributed by atoms with Crippen LogP contribution in [0, 0.1) is 6.92 Å². The number of benzene rings is 2. The molecule has 1 heterocycles. The molecule has 148 valence electrons. The summed E-state index contributed by atoms with van der Waals surface area (Å²) in [5, 5.41) is 7.71. The van der Waals surface area contributed by atoms with E-state index in [1.807, 2.05) is 13.0 Å². The maximum Gasteiger partial charge on any atom is 0.271 e. The first-order valence-electron chi connectivity index (χ1n) is 8.52. The number of aryl methyl sites for hydroxylation is 1. The Morgan fingerprint density at radius 2 is 1.82 bits per heavy atom. The maximum atomic E-state index is 12.8. The third kappa shape index (κ3) is 4.00. The zero-order valence-electron chi connectivity index (χ0n) is 15.7. The van der Waals surface area contributed by atoms with Crippen LogP contribution < -0.4 is 20.1 Å². The number of carbonyl (C=O) groups excluding carboxylic acids is 2. The Morgan fingerprint density at radius 1 is 1.18 bits per heavy atom. The van der Waals surface area contributed by atoms with Crippen molar-refractivity contribution < 1.29 is 22.7 Å². The van der Waals surface area contributed by atoms with Crippen LogP contribution in [0.1, 0.15) is 19.4 Å². The summed E-state index contributed by atoms with van der Waals surface area (Å²) in [7, 11) is -3.81. The van der Waals surface area contributed by atoms with Crippen LogP contribution in [0.15, 0.2) is 47.4 Å². The van der Waals surface area contributed by atoms with E-state index in [0.29, 0.717) is 17.1 Å². The Labute approximate surface area is 163 Å². The van der Waals surface area contributed by atoms with Crippen LogP contribution in [0.2, 0.25) is 0 Å². The van der Waals surface area contributed by atoms with Crippen molar-refractivity contribution in [1.82, 2.24) is 0 Å². The predicted molar refractivity (Wildman–Crippen MR) is 105 cm³/mol. The zero-order chi connectivity index (χ0) is 20.7. The first-order chi connectivity index (χ1) is 13.0. The van der Waals surface area contributed by atoms with Gasteiger partial charge in [0.05, 0.1) is 10.6 Å². The molecule has 0 fully saturated rings. The number of amides is 2. The highest BCUT2D eigenvalue weighted by Crippen LogP contribution is 2.38. The molecule has 2 aromatic rings. The number of fused-ring (bicyclic) bond motifs is 1. The molecule has 8 nitrogen and oxygen atoms in total. The highest BCUT2D eigenvalue weighted by Gasteiger charge is 2.41. The Hall–Kier alpha value is -2.91. The number of anilines is 2. The van der Waals surface area contributed by atoms with Gasteiger partial charge in [-0.3, -0.25) is 14.5 Å². The molecule has 0 spiro atoms. The number of nitrogens with zero attached hydrogens (tertiary/aromatic N) is 1. The van der Waals surface area contributed by atoms with E-state index in [0.717, 1.165) is 5.56 Å². The van der Waals surface area contributed by atoms with E-state index in [2.05, 4.69) is 5.32 Å². The molecule has 1 aliphatic heterocycles. The molecule has 28 heavy (non-hydrogen) atoms. The highest BCUT2D eigenvalue weighted by molar-refractivity contribution is 7.89. The van der Waals surface area contributed by atoms with Crippen molar-refractivity contribution in [2.75, 3.05) is 16.8 Å². The Bertz CT molecular complexity index is 1050. The van der Waals surface area contributed by atoms with Gasteiger partial charge in [-0.25, -0.2) is 13.6 Å². The maximum absolute atomic E-state index is 12.8. The van der Waals surface area contributed by atoms with Gasteiger partial charge in [0.1, 0.15) is 12.3 Å². The minimum absolute atomic E-state index is 0.0555. The van der Waals surface area contributed by atoms with Crippen LogP contribution in [-0.4, -0.2) is 32.4 Å². The number of carbonyl (C=O) groups is 2. The summed E-state index contributed by atoms with van der Waals surface area (Å²) in [6.45, 7) is 4.97. The zero-order valence-corrected chi connectivity index (χ0v) is 16.5. The number of nitrogens with one attached hydrogen (secondary N) is 1. The van der Waals surface area contributed by atoms with Crippen molar-refractivity contribution in [3.63, 3.8) is 0 Å². The molecule has 0 saturated heterocycles. The SMILES string of the molecule is Cc1ccc2c(c1)N(CC(=O)Nc1ccc(S(N)(=O)=O)cc1)C(=O)C(C)(C)O2. The molecular formula is C19H21N3O5S. The molecule has 9 heteroatoms. The molecule has 0 saturated carbocycles. The fourth-order valence-corrected chi connectivity index (χ4v) is 3.42. The lowest BCUT2D eigenvalue weighted by atomic mass is 10.0. The summed E-state index contributed by atoms with van der Waals surface area (Å²) in [6, 6.07) is 10.9. The summed E-state index contributed by atoms with van der Waals surface area (Å²) in [5.74, 6) is -0.229. The summed E-state index contributed by atoms with van der Waals surface area (Å²) in [6.07, 6.45) is 0. The number of ether oxygens (including phenoxy) is 1. The molecule has 0 aromatic heterocycles. The fraction of sp³-hybridized carbons (Fsp3) is 0.263. The number of sulfonamides is 1. The van der Waals surface area contributed by atoms with Gasteiger partial charge in [0.25, 0.3) is 5.91 Å². The normalized spacial score (nSPS) is 15.6. The summed E-state index contributed by atoms with van der Waals surface area (Å²) in [4.78, 5) is 26.7. The van der Waals surface area contributed by atoms with Crippen molar-refractivity contribution in [2.24, 2.45) is 5.14 Å². The molecule has 1 aliphatic rings. The van der Waals surface area contributed by atoms with Crippen molar-refractivity contribution in [1.29, 1.82) is 0 Å². The molecule has 3 rings (SSSR count). The number of primary sulfonamides is 1. The smallest absolute Gasteiger partial charge is 0.271 e. The molecule has 0 bridgehead atoms. The number of nitrogens with two attached hydrogens (primary N) is 1. The molecule has 0 unspecified atom stereocenters. The van der Waals surface area contributed by atoms with Crippen molar-refractivity contribution in [3.05, 3.63) is 48.0 Å². The second kappa shape index (κ2) is 6.92. The van der Waals surface area contributed by atoms with Crippen molar-refractivity contribution >= 4 is 33.2 Å². The van der Waals surface area contributed by atoms with E-state index in [4.69, 9.17) is 9.88 Å². The van der Waals surface area contributed by atoms with Crippen molar-refractivity contribution in [2.45, 2.75) is 31.3 Å². The van der Waals surface area contributed by atoms with Gasteiger partial charge in [-0.15, -0.1) is 0 Å². The monoisotopic (exact) mass is 403 g/mol. The number of rotatable bonds is 4. The van der Waals surface area contributed by atoms with Crippen LogP contribution in [-0.2, 0) is 19.6 Å². The van der Waals surface area contributed by atoms with Gasteiger partial charge < -0.3 is 10.1 Å². The Morgan fingerprint density at radius 3 is 2.43 bits per heavy atom. The lowest BCUT2D eigenvalue weighted by Crippen LogP contribution is -2.54. The highest BCUT2D eigenvalue weighted by atomic mass is 32.2. The molecule has 0 atom stereocenters. The van der Waals surface area contributed by atoms with Gasteiger partial charge in [0, 0.05) is 5.69 Å². The average molecular weight is 403 g/mol. The Kier molecular flexibility index (Phi) is 4.90. The third-order valence-corrected chi connectivity index (χ3v) is 5.23. The molecule has 3 N–H and O–H groups in total. The van der Waals surface area contributed by atoms with E-state index in [9.17, 15) is 18.0 Å². The van der Waals surface area contributed by atoms with E-state index in [1.54, 1.807) is 26.0 Å². The van der Waals surface area contributed by atoms with Gasteiger partial charge in [0.15, 0.2) is 5.60 Å². The summed E-state index contributed by atoms with van der Waals surface area (Å²) >= 11 is 0. The van der Waals surface area contributed by atoms with Gasteiger partial charge in [0.2, 0.25) is 15.9 Å². The topological polar surface area (TPSA) is 119 Å². The van der Waals surface area contributed by atoms with Crippen LogP contribution in [0.5, 0.6) is 5.75 Å². The third-order valence-electron chi connectivity index (χ3n) is 4.30. The number of hydrogen-bond acceptors (Lipinski definition) is 5. The van der Waals surface area contributed by atoms with Gasteiger partial charge in [-0.05, 0) is 62.7 Å². The standard InChI is InChI=1S/C19H21N3O5S/c1-12-4-9-16-15(10-12)22(18(24)19(2,3)27-16)11-17(23)21-13-5-7-14(8-6-13)28(20,25)26/h4-10H,11H2,1-3H3,(H,21,23)(H2,20,25,26). The number of hydrogen-bond donors (Lipinski definition) is 2. The van der Waals surface area contributed by atoms with E-state index in [-0.39, 0.29) is 17.3 Å². The Balaban J connectivity index is 1.81. The minimum Gasteiger partial charge on any atom is -0.476 e. The van der Waals surface area contributed by atoms with Crippen LogP contribution in [0.4, 0.5) is 11.4 Å². The minimum atomic E-state index is -3.81. The van der Waals surface area contributed by atoms with Gasteiger partial charge in [-0.2, -0.15) is 0 Å². The quantitative estimate of drug-likeness (QED) is 0.807. The largest absolute Gasteiger partial charge is 0.476 e. The first kappa shape index (κ1) is 19.8. The van der Waals surface area contributed by atoms with Gasteiger partial charge in [-0.1, -0.05) is 6.07 Å². The van der Waals surface area contributed by atoms with Crippen molar-refractivity contribution in [3.8, 4) is 5.75 Å². The fourth-order valence-electron chi connectivity index (χ4n) is 2.91. The summed E-state index contributed by atoms with van der Waals surface area (Å²) < 4.78 is 28.4. The molecule has 2 amide bonds. The molecule has 0 radical (unpaired) electrons. The van der Waals surface area contributed by atoms with E-state index in [1.165, 1.54) is 29.2 Å². The second-order valence-electron chi connectivity index (χ2n) is 7.09. The van der Waals surface area contributed by atoms with Gasteiger partial charge >= 0.3 is 0 Å². The van der Waals surface area contributed by atoms with Crippen LogP contribution in [0.25, 0.3) is 0 Å². The van der Waals surface area contributed by atoms with E-state index < -0.39 is 21.5 Å². The molecule has 0 aliphatic carbocycles. The first-order valence-corrected chi connectivity index (χ1v) is 10.1.